The van der Waals surface area contributed by atoms with Crippen molar-refractivity contribution in [3.63, 3.8) is 0 Å². The van der Waals surface area contributed by atoms with Gasteiger partial charge in [0.1, 0.15) is 36.8 Å². The van der Waals surface area contributed by atoms with Crippen molar-refractivity contribution in [1.29, 1.82) is 0 Å². The van der Waals surface area contributed by atoms with Gasteiger partial charge in [0.2, 0.25) is 14.6 Å². The lowest BCUT2D eigenvalue weighted by Crippen LogP contribution is -2.65. The van der Waals surface area contributed by atoms with Crippen molar-refractivity contribution < 1.29 is 80.9 Å². The topological polar surface area (TPSA) is 215 Å². The SMILES string of the molecule is CCC(=O)O[C@H]1O[C@H](c2cccc(O[Si](C)(C)C(C)(C)C)c2)[C@@H](O)[C@@H](O[C@H]2O[C@H](COC(C)=O)[C@@H](OC(C)=O)[C@H](OC(C)=O)[C@@H]2OC(C)=O)[C@H]1OC(C)=O. The highest BCUT2D eigenvalue weighted by Gasteiger charge is 2.57. The molecule has 0 spiro atoms. The zero-order chi connectivity index (χ0) is 40.7. The highest BCUT2D eigenvalue weighted by Crippen LogP contribution is 2.41. The zero-order valence-corrected chi connectivity index (χ0v) is 33.5. The van der Waals surface area contributed by atoms with Crippen LogP contribution in [0.2, 0.25) is 18.1 Å². The zero-order valence-electron chi connectivity index (χ0n) is 32.5. The first-order chi connectivity index (χ1) is 25.0. The van der Waals surface area contributed by atoms with Gasteiger partial charge in [-0.15, -0.1) is 0 Å². The quantitative estimate of drug-likeness (QED) is 0.173. The average molecular weight is 785 g/mol. The molecule has 1 N–H and O–H groups in total. The van der Waals surface area contributed by atoms with Crippen LogP contribution in [0.5, 0.6) is 5.75 Å². The summed E-state index contributed by atoms with van der Waals surface area (Å²) in [5, 5.41) is 11.9. The molecule has 2 saturated heterocycles. The number of rotatable bonds is 13. The van der Waals surface area contributed by atoms with Gasteiger partial charge in [0, 0.05) is 41.0 Å². The Bertz CT molecular complexity index is 1520. The summed E-state index contributed by atoms with van der Waals surface area (Å²) >= 11 is 0. The predicted molar refractivity (Wildman–Crippen MR) is 187 cm³/mol. The van der Waals surface area contributed by atoms with Crippen molar-refractivity contribution in [2.45, 2.75) is 148 Å². The van der Waals surface area contributed by atoms with Crippen molar-refractivity contribution in [1.82, 2.24) is 0 Å². The highest BCUT2D eigenvalue weighted by molar-refractivity contribution is 6.74. The summed E-state index contributed by atoms with van der Waals surface area (Å²) in [6, 6.07) is 6.74. The third kappa shape index (κ3) is 11.7. The third-order valence-electron chi connectivity index (χ3n) is 8.96. The van der Waals surface area contributed by atoms with Crippen LogP contribution in [0.3, 0.4) is 0 Å². The molecule has 0 unspecified atom stereocenters. The Morgan fingerprint density at radius 3 is 1.78 bits per heavy atom. The Hall–Kier alpha value is -4.10. The lowest BCUT2D eigenvalue weighted by Gasteiger charge is -2.48. The Labute approximate surface area is 315 Å². The van der Waals surface area contributed by atoms with E-state index in [0.717, 1.165) is 34.6 Å². The van der Waals surface area contributed by atoms with E-state index in [1.54, 1.807) is 24.3 Å². The van der Waals surface area contributed by atoms with Gasteiger partial charge in [-0.1, -0.05) is 39.8 Å². The minimum absolute atomic E-state index is 0.0963. The van der Waals surface area contributed by atoms with Crippen LogP contribution >= 0.6 is 0 Å². The minimum atomic E-state index is -2.34. The van der Waals surface area contributed by atoms with Gasteiger partial charge >= 0.3 is 35.8 Å². The van der Waals surface area contributed by atoms with E-state index in [0.29, 0.717) is 11.3 Å². The normalized spacial score (nSPS) is 28.5. The molecule has 2 aliphatic rings. The summed E-state index contributed by atoms with van der Waals surface area (Å²) in [6.45, 7) is 16.7. The fourth-order valence-electron chi connectivity index (χ4n) is 5.54. The Kier molecular flexibility index (Phi) is 15.2. The second-order valence-corrected chi connectivity index (χ2v) is 19.2. The molecule has 2 aliphatic heterocycles. The van der Waals surface area contributed by atoms with Gasteiger partial charge in [0.05, 0.1) is 0 Å². The van der Waals surface area contributed by atoms with Gasteiger partial charge in [-0.25, -0.2) is 0 Å². The van der Waals surface area contributed by atoms with Gasteiger partial charge in [-0.2, -0.15) is 0 Å². The number of carbonyl (C=O) groups excluding carboxylic acids is 6. The predicted octanol–water partition coefficient (Wildman–Crippen LogP) is 3.18. The maximum atomic E-state index is 12.7. The summed E-state index contributed by atoms with van der Waals surface area (Å²) in [5.74, 6) is -4.48. The first kappa shape index (κ1) is 44.3. The number of aliphatic hydroxyl groups excluding tert-OH is 1. The van der Waals surface area contributed by atoms with Gasteiger partial charge in [0.15, 0.2) is 30.7 Å². The summed E-state index contributed by atoms with van der Waals surface area (Å²) < 4.78 is 57.8. The summed E-state index contributed by atoms with van der Waals surface area (Å²) in [7, 11) is -2.34. The van der Waals surface area contributed by atoms with E-state index < -0.39 is 112 Å². The van der Waals surface area contributed by atoms with Crippen molar-refractivity contribution in [3.8, 4) is 5.75 Å². The molecule has 1 aromatic carbocycles. The van der Waals surface area contributed by atoms with E-state index in [1.165, 1.54) is 6.92 Å². The lowest BCUT2D eigenvalue weighted by molar-refractivity contribution is -0.357. The first-order valence-electron chi connectivity index (χ1n) is 17.5. The Balaban J connectivity index is 2.18. The molecule has 0 radical (unpaired) electrons. The minimum Gasteiger partial charge on any atom is -0.543 e. The molecule has 3 rings (SSSR count). The average Bonchev–Trinajstić information content (AvgIpc) is 3.04. The second kappa shape index (κ2) is 18.5. The number of hydrogen-bond donors (Lipinski definition) is 1. The van der Waals surface area contributed by atoms with Crippen LogP contribution in [-0.4, -0.2) is 111 Å². The molecule has 54 heavy (non-hydrogen) atoms. The molecule has 1 aromatic rings. The maximum absolute atomic E-state index is 12.7. The van der Waals surface area contributed by atoms with Crippen molar-refractivity contribution in [2.75, 3.05) is 6.61 Å². The van der Waals surface area contributed by atoms with Gasteiger partial charge in [-0.3, -0.25) is 28.8 Å². The smallest absolute Gasteiger partial charge is 0.307 e. The van der Waals surface area contributed by atoms with E-state index in [2.05, 4.69) is 33.9 Å². The second-order valence-electron chi connectivity index (χ2n) is 14.4. The molecule has 0 aliphatic carbocycles. The van der Waals surface area contributed by atoms with E-state index >= 15 is 0 Å². The lowest BCUT2D eigenvalue weighted by atomic mass is 9.92. The van der Waals surface area contributed by atoms with E-state index in [9.17, 15) is 33.9 Å². The van der Waals surface area contributed by atoms with Crippen molar-refractivity contribution in [2.24, 2.45) is 0 Å². The molecule has 10 atom stereocenters. The number of ether oxygens (including phenoxy) is 9. The molecule has 0 aromatic heterocycles. The van der Waals surface area contributed by atoms with E-state index in [-0.39, 0.29) is 11.5 Å². The first-order valence-corrected chi connectivity index (χ1v) is 20.4. The van der Waals surface area contributed by atoms with Gasteiger partial charge < -0.3 is 52.2 Å². The number of aliphatic hydroxyl groups is 1. The number of benzene rings is 1. The van der Waals surface area contributed by atoms with Gasteiger partial charge in [-0.05, 0) is 35.8 Å². The summed E-state index contributed by atoms with van der Waals surface area (Å²) in [5.41, 5.74) is 0.368. The molecular formula is C36H52O17Si. The van der Waals surface area contributed by atoms with Crippen LogP contribution in [-0.2, 0) is 71.4 Å². The molecule has 0 bridgehead atoms. The van der Waals surface area contributed by atoms with Crippen molar-refractivity contribution >= 4 is 44.1 Å². The number of hydrogen-bond acceptors (Lipinski definition) is 17. The third-order valence-corrected chi connectivity index (χ3v) is 13.3. The maximum Gasteiger partial charge on any atom is 0.307 e. The van der Waals surface area contributed by atoms with E-state index in [1.807, 2.05) is 0 Å². The highest BCUT2D eigenvalue weighted by atomic mass is 28.4. The molecule has 0 saturated carbocycles. The summed E-state index contributed by atoms with van der Waals surface area (Å²) in [4.78, 5) is 74.0. The fourth-order valence-corrected chi connectivity index (χ4v) is 6.56. The Morgan fingerprint density at radius 1 is 0.722 bits per heavy atom. The number of carbonyl (C=O) groups is 6. The largest absolute Gasteiger partial charge is 0.543 e. The molecule has 17 nitrogen and oxygen atoms in total. The van der Waals surface area contributed by atoms with Crippen LogP contribution in [0.15, 0.2) is 24.3 Å². The van der Waals surface area contributed by atoms with Crippen LogP contribution in [0.4, 0.5) is 0 Å². The standard InChI is InChI=1S/C36H52O17Si/c1-12-26(42)50-35-32(47-21(5)40)30(27(43)28(51-35)23-14-13-15-24(16-23)53-54(10,11)36(7,8)9)52-34-33(48-22(6)41)31(46-20(4)39)29(45-19(3)38)25(49-34)17-44-18(2)37/h13-16,25,27-35,43H,12,17H2,1-11H3/t25-,27-,28-,29-,30-,31+,32-,33+,34-,35+/m1/s1. The van der Waals surface area contributed by atoms with Crippen LogP contribution in [0, 0.1) is 0 Å². The molecule has 2 heterocycles. The summed E-state index contributed by atoms with van der Waals surface area (Å²) in [6.07, 6.45) is -16.1. The van der Waals surface area contributed by atoms with Gasteiger partial charge in [0.25, 0.3) is 0 Å². The molecule has 302 valence electrons. The fraction of sp³-hybridized carbons (Fsp3) is 0.667. The molecular weight excluding hydrogens is 732 g/mol. The van der Waals surface area contributed by atoms with Crippen LogP contribution in [0.25, 0.3) is 0 Å². The van der Waals surface area contributed by atoms with Crippen molar-refractivity contribution in [3.05, 3.63) is 29.8 Å². The molecule has 18 heteroatoms. The van der Waals surface area contributed by atoms with Crippen LogP contribution in [0.1, 0.15) is 80.4 Å². The molecule has 0 amide bonds. The number of esters is 6. The van der Waals surface area contributed by atoms with Crippen LogP contribution < -0.4 is 4.43 Å². The monoisotopic (exact) mass is 784 g/mol. The Morgan fingerprint density at radius 2 is 1.26 bits per heavy atom. The van der Waals surface area contributed by atoms with E-state index in [4.69, 9.17) is 47.1 Å². The molecule has 2 fully saturated rings.